The number of likely N-dealkylation sites (tertiary alicyclic amines) is 1. The monoisotopic (exact) mass is 384 g/mol. The van der Waals surface area contributed by atoms with Gasteiger partial charge < -0.3 is 10.2 Å². The van der Waals surface area contributed by atoms with Crippen LogP contribution in [0.3, 0.4) is 0 Å². The Morgan fingerprint density at radius 2 is 1.96 bits per heavy atom. The highest BCUT2D eigenvalue weighted by atomic mass is 35.5. The van der Waals surface area contributed by atoms with Crippen LogP contribution in [0, 0.1) is 0 Å². The van der Waals surface area contributed by atoms with E-state index < -0.39 is 14.6 Å². The molecule has 0 aliphatic carbocycles. The predicted octanol–water partition coefficient (Wildman–Crippen LogP) is 1.71. The van der Waals surface area contributed by atoms with E-state index in [1.54, 1.807) is 0 Å². The van der Waals surface area contributed by atoms with E-state index in [4.69, 9.17) is 0 Å². The number of halogens is 1. The fourth-order valence-corrected chi connectivity index (χ4v) is 6.00. The van der Waals surface area contributed by atoms with E-state index in [-0.39, 0.29) is 18.3 Å². The molecule has 8 heteroatoms. The molecule has 1 unspecified atom stereocenters. The summed E-state index contributed by atoms with van der Waals surface area (Å²) >= 11 is 1.88. The molecule has 2 heterocycles. The first-order valence-corrected chi connectivity index (χ1v) is 11.2. The first-order chi connectivity index (χ1) is 10.4. The Bertz CT molecular complexity index is 493. The molecule has 0 aromatic rings. The summed E-state index contributed by atoms with van der Waals surface area (Å²) < 4.78 is 23.6. The molecule has 0 aromatic carbocycles. The SMILES string of the molecule is CCSC1CCCCN(C(=O)C2(S(C)(=O)=O)CCNCC2)C1.Cl. The van der Waals surface area contributed by atoms with Crippen molar-refractivity contribution in [2.24, 2.45) is 0 Å². The zero-order chi connectivity index (χ0) is 16.2. The summed E-state index contributed by atoms with van der Waals surface area (Å²) in [6.07, 6.45) is 5.24. The average Bonchev–Trinajstić information content (AvgIpc) is 2.72. The van der Waals surface area contributed by atoms with Gasteiger partial charge in [-0.05, 0) is 44.5 Å². The molecule has 0 spiro atoms. The highest BCUT2D eigenvalue weighted by Crippen LogP contribution is 2.32. The van der Waals surface area contributed by atoms with Crippen LogP contribution >= 0.6 is 24.2 Å². The molecule has 0 bridgehead atoms. The molecule has 136 valence electrons. The average molecular weight is 385 g/mol. The Hall–Kier alpha value is 0.0200. The van der Waals surface area contributed by atoms with Gasteiger partial charge in [0.2, 0.25) is 5.91 Å². The smallest absolute Gasteiger partial charge is 0.244 e. The lowest BCUT2D eigenvalue weighted by Crippen LogP contribution is -2.58. The number of sulfone groups is 1. The molecule has 2 aliphatic heterocycles. The van der Waals surface area contributed by atoms with Crippen molar-refractivity contribution in [3.05, 3.63) is 0 Å². The van der Waals surface area contributed by atoms with Crippen LogP contribution in [0.15, 0.2) is 0 Å². The van der Waals surface area contributed by atoms with Crippen molar-refractivity contribution in [1.82, 2.24) is 10.2 Å². The fraction of sp³-hybridized carbons (Fsp3) is 0.933. The van der Waals surface area contributed by atoms with Gasteiger partial charge in [-0.1, -0.05) is 13.3 Å². The third-order valence-corrected chi connectivity index (χ3v) is 8.02. The van der Waals surface area contributed by atoms with E-state index in [9.17, 15) is 13.2 Å². The van der Waals surface area contributed by atoms with Crippen LogP contribution < -0.4 is 5.32 Å². The first kappa shape index (κ1) is 21.1. The van der Waals surface area contributed by atoms with Crippen LogP contribution in [0.1, 0.15) is 39.0 Å². The van der Waals surface area contributed by atoms with Gasteiger partial charge in [-0.3, -0.25) is 4.79 Å². The van der Waals surface area contributed by atoms with E-state index in [2.05, 4.69) is 12.2 Å². The second-order valence-corrected chi connectivity index (χ2v) is 10.2. The maximum Gasteiger partial charge on any atom is 0.244 e. The summed E-state index contributed by atoms with van der Waals surface area (Å²) in [7, 11) is -3.42. The Morgan fingerprint density at radius 1 is 1.30 bits per heavy atom. The highest BCUT2D eigenvalue weighted by Gasteiger charge is 2.50. The minimum Gasteiger partial charge on any atom is -0.340 e. The van der Waals surface area contributed by atoms with Crippen LogP contribution in [-0.4, -0.2) is 67.4 Å². The molecule has 1 amide bonds. The molecule has 23 heavy (non-hydrogen) atoms. The summed E-state index contributed by atoms with van der Waals surface area (Å²) in [5, 5.41) is 3.61. The summed E-state index contributed by atoms with van der Waals surface area (Å²) in [6, 6.07) is 0. The number of piperidine rings is 1. The Kier molecular flexibility index (Phi) is 8.17. The molecule has 2 fully saturated rings. The maximum absolute atomic E-state index is 13.1. The van der Waals surface area contributed by atoms with Gasteiger partial charge in [-0.15, -0.1) is 12.4 Å². The van der Waals surface area contributed by atoms with Crippen LogP contribution in [0.4, 0.5) is 0 Å². The lowest BCUT2D eigenvalue weighted by atomic mass is 9.95. The molecule has 0 saturated carbocycles. The molecule has 5 nitrogen and oxygen atoms in total. The molecule has 0 aromatic heterocycles. The summed E-state index contributed by atoms with van der Waals surface area (Å²) in [5.74, 6) is 0.883. The number of carbonyl (C=O) groups is 1. The summed E-state index contributed by atoms with van der Waals surface area (Å²) in [4.78, 5) is 15.0. The standard InChI is InChI=1S/C15H28N2O3S2.ClH/c1-3-21-13-6-4-5-11-17(12-13)14(18)15(22(2,19)20)7-9-16-10-8-15;/h13,16H,3-12H2,1-2H3;1H. The lowest BCUT2D eigenvalue weighted by molar-refractivity contribution is -0.134. The Morgan fingerprint density at radius 3 is 2.52 bits per heavy atom. The number of nitrogens with zero attached hydrogens (tertiary/aromatic N) is 1. The summed E-state index contributed by atoms with van der Waals surface area (Å²) in [6.45, 7) is 4.72. The topological polar surface area (TPSA) is 66.5 Å². The van der Waals surface area contributed by atoms with Gasteiger partial charge in [-0.25, -0.2) is 8.42 Å². The number of amides is 1. The van der Waals surface area contributed by atoms with Crippen LogP contribution in [-0.2, 0) is 14.6 Å². The van der Waals surface area contributed by atoms with Crippen molar-refractivity contribution in [2.75, 3.05) is 38.2 Å². The molecular formula is C15H29ClN2O3S2. The largest absolute Gasteiger partial charge is 0.340 e. The number of hydrogen-bond acceptors (Lipinski definition) is 5. The molecule has 2 saturated heterocycles. The zero-order valence-electron chi connectivity index (χ0n) is 14.0. The highest BCUT2D eigenvalue weighted by molar-refractivity contribution is 7.99. The second-order valence-electron chi connectivity index (χ2n) is 6.34. The van der Waals surface area contributed by atoms with Gasteiger partial charge in [0.05, 0.1) is 0 Å². The number of thioether (sulfide) groups is 1. The van der Waals surface area contributed by atoms with Crippen molar-refractivity contribution in [2.45, 2.75) is 49.0 Å². The normalized spacial score (nSPS) is 25.3. The van der Waals surface area contributed by atoms with Crippen molar-refractivity contribution in [3.8, 4) is 0 Å². The van der Waals surface area contributed by atoms with Crippen molar-refractivity contribution >= 4 is 39.9 Å². The lowest BCUT2D eigenvalue weighted by Gasteiger charge is -2.39. The van der Waals surface area contributed by atoms with Gasteiger partial charge in [0.15, 0.2) is 14.6 Å². The van der Waals surface area contributed by atoms with Gasteiger partial charge in [0.1, 0.15) is 0 Å². The quantitative estimate of drug-likeness (QED) is 0.799. The minimum absolute atomic E-state index is 0. The zero-order valence-corrected chi connectivity index (χ0v) is 16.5. The van der Waals surface area contributed by atoms with E-state index in [1.165, 1.54) is 6.26 Å². The number of rotatable bonds is 4. The predicted molar refractivity (Wildman–Crippen MR) is 99.3 cm³/mol. The minimum atomic E-state index is -3.42. The first-order valence-electron chi connectivity index (χ1n) is 8.22. The molecular weight excluding hydrogens is 356 g/mol. The Labute approximate surface area is 150 Å². The van der Waals surface area contributed by atoms with Crippen molar-refractivity contribution < 1.29 is 13.2 Å². The van der Waals surface area contributed by atoms with Crippen LogP contribution in [0.5, 0.6) is 0 Å². The van der Waals surface area contributed by atoms with Gasteiger partial charge in [-0.2, -0.15) is 11.8 Å². The number of hydrogen-bond donors (Lipinski definition) is 1. The van der Waals surface area contributed by atoms with Gasteiger partial charge in [0.25, 0.3) is 0 Å². The van der Waals surface area contributed by atoms with E-state index in [0.717, 1.165) is 25.0 Å². The van der Waals surface area contributed by atoms with Crippen molar-refractivity contribution in [1.29, 1.82) is 0 Å². The molecule has 1 atom stereocenters. The number of nitrogens with one attached hydrogen (secondary N) is 1. The molecule has 2 rings (SSSR count). The second kappa shape index (κ2) is 8.92. The van der Waals surface area contributed by atoms with E-state index >= 15 is 0 Å². The van der Waals surface area contributed by atoms with Crippen LogP contribution in [0.2, 0.25) is 0 Å². The Balaban J connectivity index is 0.00000264. The molecule has 0 radical (unpaired) electrons. The van der Waals surface area contributed by atoms with Crippen LogP contribution in [0.25, 0.3) is 0 Å². The molecule has 1 N–H and O–H groups in total. The number of carbonyl (C=O) groups excluding carboxylic acids is 1. The van der Waals surface area contributed by atoms with E-state index in [1.807, 2.05) is 16.7 Å². The fourth-order valence-electron chi connectivity index (χ4n) is 3.52. The van der Waals surface area contributed by atoms with Crippen molar-refractivity contribution in [3.63, 3.8) is 0 Å². The van der Waals surface area contributed by atoms with Gasteiger partial charge >= 0.3 is 0 Å². The van der Waals surface area contributed by atoms with Gasteiger partial charge in [0, 0.05) is 24.6 Å². The third kappa shape index (κ3) is 4.77. The maximum atomic E-state index is 13.1. The molecule has 2 aliphatic rings. The van der Waals surface area contributed by atoms with E-state index in [0.29, 0.717) is 44.3 Å². The third-order valence-electron chi connectivity index (χ3n) is 4.83. The summed E-state index contributed by atoms with van der Waals surface area (Å²) in [5.41, 5.74) is 0.